The zero-order valence-corrected chi connectivity index (χ0v) is 20.5. The standard InChI is InChI=1S/C25H27F3N2O5S/c1-2-18-12-17(14-21(29)24(31)19-8-10-34-11-9-19)6-7-22(18)36(32,33)23(30)15-16-4-3-5-20(13-16)35-25(26,27)28/h3-7,12-13,19,29-30H,2,8-11,14-15H2,1H3. The van der Waals surface area contributed by atoms with Gasteiger partial charge in [-0.2, -0.15) is 0 Å². The number of hydrogen-bond donors (Lipinski definition) is 2. The maximum absolute atomic E-state index is 13.1. The van der Waals surface area contributed by atoms with Crippen LogP contribution in [0.2, 0.25) is 0 Å². The first-order valence-electron chi connectivity index (χ1n) is 11.4. The van der Waals surface area contributed by atoms with Crippen LogP contribution in [-0.2, 0) is 38.6 Å². The Balaban J connectivity index is 1.75. The third-order valence-corrected chi connectivity index (χ3v) is 7.66. The molecule has 1 saturated heterocycles. The van der Waals surface area contributed by atoms with Gasteiger partial charge in [0.15, 0.2) is 5.78 Å². The molecule has 3 rings (SSSR count). The Morgan fingerprint density at radius 1 is 1.06 bits per heavy atom. The monoisotopic (exact) mass is 524 g/mol. The van der Waals surface area contributed by atoms with Gasteiger partial charge in [-0.05, 0) is 54.2 Å². The van der Waals surface area contributed by atoms with E-state index in [0.29, 0.717) is 43.6 Å². The molecule has 7 nitrogen and oxygen atoms in total. The zero-order valence-electron chi connectivity index (χ0n) is 19.7. The number of nitrogens with one attached hydrogen (secondary N) is 2. The summed E-state index contributed by atoms with van der Waals surface area (Å²) in [6.45, 7) is 2.72. The predicted molar refractivity (Wildman–Crippen MR) is 128 cm³/mol. The molecule has 36 heavy (non-hydrogen) atoms. The van der Waals surface area contributed by atoms with Crippen molar-refractivity contribution >= 4 is 26.4 Å². The van der Waals surface area contributed by atoms with Crippen molar-refractivity contribution in [2.75, 3.05) is 13.2 Å². The normalized spacial score (nSPS) is 14.9. The second-order valence-corrected chi connectivity index (χ2v) is 10.4. The van der Waals surface area contributed by atoms with E-state index < -0.39 is 33.4 Å². The van der Waals surface area contributed by atoms with Gasteiger partial charge in [-0.25, -0.2) is 8.42 Å². The van der Waals surface area contributed by atoms with Crippen molar-refractivity contribution in [1.82, 2.24) is 0 Å². The molecule has 0 saturated carbocycles. The minimum atomic E-state index is -4.89. The summed E-state index contributed by atoms with van der Waals surface area (Å²) in [5.74, 6) is -0.967. The molecule has 11 heteroatoms. The van der Waals surface area contributed by atoms with Crippen LogP contribution in [-0.4, -0.2) is 44.5 Å². The van der Waals surface area contributed by atoms with E-state index in [9.17, 15) is 26.4 Å². The van der Waals surface area contributed by atoms with E-state index in [-0.39, 0.29) is 34.3 Å². The highest BCUT2D eigenvalue weighted by atomic mass is 32.2. The van der Waals surface area contributed by atoms with E-state index in [0.717, 1.165) is 12.1 Å². The minimum Gasteiger partial charge on any atom is -0.406 e. The van der Waals surface area contributed by atoms with Crippen LogP contribution in [0.15, 0.2) is 47.4 Å². The van der Waals surface area contributed by atoms with Crippen LogP contribution < -0.4 is 4.74 Å². The maximum atomic E-state index is 13.1. The number of ketones is 1. The van der Waals surface area contributed by atoms with Gasteiger partial charge < -0.3 is 14.9 Å². The van der Waals surface area contributed by atoms with E-state index in [1.54, 1.807) is 13.0 Å². The van der Waals surface area contributed by atoms with Gasteiger partial charge >= 0.3 is 6.36 Å². The van der Waals surface area contributed by atoms with Gasteiger partial charge in [-0.1, -0.05) is 31.2 Å². The maximum Gasteiger partial charge on any atom is 0.573 e. The van der Waals surface area contributed by atoms with Gasteiger partial charge in [0.1, 0.15) is 10.8 Å². The Morgan fingerprint density at radius 3 is 2.36 bits per heavy atom. The van der Waals surface area contributed by atoms with Gasteiger partial charge in [0, 0.05) is 32.0 Å². The Morgan fingerprint density at radius 2 is 1.72 bits per heavy atom. The number of carbonyl (C=O) groups excluding carboxylic acids is 1. The van der Waals surface area contributed by atoms with E-state index in [1.165, 1.54) is 24.3 Å². The molecular weight excluding hydrogens is 497 g/mol. The van der Waals surface area contributed by atoms with Gasteiger partial charge in [0.05, 0.1) is 10.6 Å². The summed E-state index contributed by atoms with van der Waals surface area (Å²) in [5.41, 5.74) is 1.17. The Kier molecular flexibility index (Phi) is 8.67. The largest absolute Gasteiger partial charge is 0.573 e. The molecular formula is C25H27F3N2O5S. The lowest BCUT2D eigenvalue weighted by molar-refractivity contribution is -0.274. The average Bonchev–Trinajstić information content (AvgIpc) is 2.83. The van der Waals surface area contributed by atoms with Crippen LogP contribution in [0.3, 0.4) is 0 Å². The predicted octanol–water partition coefficient (Wildman–Crippen LogP) is 4.70. The van der Waals surface area contributed by atoms with Crippen molar-refractivity contribution < 1.29 is 35.9 Å². The lowest BCUT2D eigenvalue weighted by atomic mass is 9.90. The van der Waals surface area contributed by atoms with Gasteiger partial charge in [0.2, 0.25) is 9.84 Å². The number of carbonyl (C=O) groups is 1. The van der Waals surface area contributed by atoms with Crippen molar-refractivity contribution in [1.29, 1.82) is 10.8 Å². The molecule has 0 aromatic heterocycles. The lowest BCUT2D eigenvalue weighted by Crippen LogP contribution is -2.29. The molecule has 2 N–H and O–H groups in total. The first kappa shape index (κ1) is 27.5. The Labute approximate surface area is 207 Å². The van der Waals surface area contributed by atoms with E-state index >= 15 is 0 Å². The van der Waals surface area contributed by atoms with E-state index in [1.807, 2.05) is 0 Å². The molecule has 0 spiro atoms. The van der Waals surface area contributed by atoms with Gasteiger partial charge in [0.25, 0.3) is 0 Å². The molecule has 0 bridgehead atoms. The number of aryl methyl sites for hydroxylation is 1. The van der Waals surface area contributed by atoms with Gasteiger partial charge in [-0.15, -0.1) is 13.2 Å². The second-order valence-electron chi connectivity index (χ2n) is 8.50. The topological polar surface area (TPSA) is 117 Å². The Hall–Kier alpha value is -3.05. The summed E-state index contributed by atoms with van der Waals surface area (Å²) in [5, 5.41) is 15.7. The number of rotatable bonds is 9. The summed E-state index contributed by atoms with van der Waals surface area (Å²) < 4.78 is 72.8. The van der Waals surface area contributed by atoms with Crippen LogP contribution in [0.4, 0.5) is 13.2 Å². The third-order valence-electron chi connectivity index (χ3n) is 5.89. The van der Waals surface area contributed by atoms with Crippen molar-refractivity contribution in [2.45, 2.75) is 50.3 Å². The van der Waals surface area contributed by atoms with Crippen molar-refractivity contribution in [3.63, 3.8) is 0 Å². The fraction of sp³-hybridized carbons (Fsp3) is 0.400. The first-order valence-corrected chi connectivity index (χ1v) is 12.9. The molecule has 1 heterocycles. The second kappa shape index (κ2) is 11.3. The quantitative estimate of drug-likeness (QED) is 0.364. The summed E-state index contributed by atoms with van der Waals surface area (Å²) in [7, 11) is -4.22. The fourth-order valence-electron chi connectivity index (χ4n) is 4.04. The molecule has 0 atom stereocenters. The highest BCUT2D eigenvalue weighted by Crippen LogP contribution is 2.26. The molecule has 0 aliphatic carbocycles. The lowest BCUT2D eigenvalue weighted by Gasteiger charge is -2.21. The zero-order chi connectivity index (χ0) is 26.5. The molecule has 1 aliphatic rings. The van der Waals surface area contributed by atoms with Crippen LogP contribution in [0.5, 0.6) is 5.75 Å². The molecule has 194 valence electrons. The van der Waals surface area contributed by atoms with Crippen LogP contribution in [0, 0.1) is 16.7 Å². The highest BCUT2D eigenvalue weighted by molar-refractivity contribution is 8.06. The van der Waals surface area contributed by atoms with Crippen molar-refractivity contribution in [3.8, 4) is 5.75 Å². The summed E-state index contributed by atoms with van der Waals surface area (Å²) in [4.78, 5) is 12.5. The molecule has 1 fully saturated rings. The number of Topliss-reactive ketones (excluding diaryl/α,β-unsaturated/α-hetero) is 1. The van der Waals surface area contributed by atoms with Gasteiger partial charge in [-0.3, -0.25) is 10.2 Å². The molecule has 0 radical (unpaired) electrons. The van der Waals surface area contributed by atoms with E-state index in [2.05, 4.69) is 4.74 Å². The van der Waals surface area contributed by atoms with Crippen LogP contribution in [0.25, 0.3) is 0 Å². The fourth-order valence-corrected chi connectivity index (χ4v) is 5.46. The number of alkyl halides is 3. The molecule has 0 unspecified atom stereocenters. The summed E-state index contributed by atoms with van der Waals surface area (Å²) >= 11 is 0. The van der Waals surface area contributed by atoms with Crippen LogP contribution in [0.1, 0.15) is 36.5 Å². The summed E-state index contributed by atoms with van der Waals surface area (Å²) in [6, 6.07) is 9.33. The van der Waals surface area contributed by atoms with Crippen molar-refractivity contribution in [3.05, 3.63) is 59.2 Å². The van der Waals surface area contributed by atoms with E-state index in [4.69, 9.17) is 15.6 Å². The number of sulfone groups is 1. The first-order chi connectivity index (χ1) is 16.9. The number of hydrogen-bond acceptors (Lipinski definition) is 7. The number of halogens is 3. The molecule has 1 aliphatic heterocycles. The van der Waals surface area contributed by atoms with Crippen molar-refractivity contribution in [2.24, 2.45) is 5.92 Å². The molecule has 2 aromatic carbocycles. The highest BCUT2D eigenvalue weighted by Gasteiger charge is 2.31. The third kappa shape index (κ3) is 7.01. The molecule has 2 aromatic rings. The molecule has 0 amide bonds. The minimum absolute atomic E-state index is 0.0479. The smallest absolute Gasteiger partial charge is 0.406 e. The summed E-state index contributed by atoms with van der Waals surface area (Å²) in [6.07, 6.45) is -3.76. The number of benzene rings is 2. The Bertz CT molecular complexity index is 1250. The SMILES string of the molecule is CCc1cc(CC(=N)C(=O)C2CCOCC2)ccc1S(=O)(=O)C(=N)Cc1cccc(OC(F)(F)F)c1. The average molecular weight is 525 g/mol. The van der Waals surface area contributed by atoms with Crippen LogP contribution >= 0.6 is 0 Å². The number of ether oxygens (including phenoxy) is 2.